The second-order valence-electron chi connectivity index (χ2n) is 3.68. The van der Waals surface area contributed by atoms with E-state index in [1.165, 1.54) is 5.69 Å². The third-order valence-corrected chi connectivity index (χ3v) is 2.85. The molecule has 4 nitrogen and oxygen atoms in total. The molecule has 0 aliphatic carbocycles. The Bertz CT molecular complexity index is 466. The molecule has 0 aliphatic rings. The third-order valence-electron chi connectivity index (χ3n) is 2.41. The molecular formula is C11H13BrN4. The van der Waals surface area contributed by atoms with Crippen LogP contribution in [0.4, 0.5) is 5.82 Å². The van der Waals surface area contributed by atoms with Crippen molar-refractivity contribution >= 4 is 21.7 Å². The molecule has 0 fully saturated rings. The summed E-state index contributed by atoms with van der Waals surface area (Å²) in [6.45, 7) is 0.806. The van der Waals surface area contributed by atoms with Gasteiger partial charge in [-0.15, -0.1) is 0 Å². The lowest BCUT2D eigenvalue weighted by Crippen LogP contribution is -2.19. The Balaban J connectivity index is 2.14. The van der Waals surface area contributed by atoms with Crippen LogP contribution in [0, 0.1) is 0 Å². The normalized spacial score (nSPS) is 10.4. The molecule has 0 radical (unpaired) electrons. The fraction of sp³-hybridized carbons (Fsp3) is 0.273. The van der Waals surface area contributed by atoms with Gasteiger partial charge in [0.25, 0.3) is 0 Å². The second kappa shape index (κ2) is 4.65. The maximum absolute atomic E-state index is 4.25. The van der Waals surface area contributed by atoms with E-state index in [4.69, 9.17) is 0 Å². The summed E-state index contributed by atoms with van der Waals surface area (Å²) in [5, 5.41) is 0. The van der Waals surface area contributed by atoms with Gasteiger partial charge in [0.1, 0.15) is 5.82 Å². The fourth-order valence-corrected chi connectivity index (χ4v) is 2.11. The zero-order valence-electron chi connectivity index (χ0n) is 9.26. The molecule has 2 aromatic rings. The van der Waals surface area contributed by atoms with Crippen molar-refractivity contribution in [3.63, 3.8) is 0 Å². The topological polar surface area (TPSA) is 34.0 Å². The minimum Gasteiger partial charge on any atom is -0.353 e. The van der Waals surface area contributed by atoms with Crippen LogP contribution in [-0.4, -0.2) is 21.6 Å². The number of hydrogen-bond acceptors (Lipinski definition) is 3. The first kappa shape index (κ1) is 11.1. The van der Waals surface area contributed by atoms with Crippen molar-refractivity contribution in [2.75, 3.05) is 11.9 Å². The lowest BCUT2D eigenvalue weighted by molar-refractivity contribution is 0.781. The molecule has 0 unspecified atom stereocenters. The van der Waals surface area contributed by atoms with Gasteiger partial charge < -0.3 is 9.47 Å². The summed E-state index contributed by atoms with van der Waals surface area (Å²) < 4.78 is 3.19. The van der Waals surface area contributed by atoms with E-state index >= 15 is 0 Å². The summed E-state index contributed by atoms with van der Waals surface area (Å²) in [5.74, 6) is 0.875. The minimum atomic E-state index is 0.806. The molecule has 0 aliphatic heterocycles. The largest absolute Gasteiger partial charge is 0.353 e. The van der Waals surface area contributed by atoms with E-state index in [1.54, 1.807) is 18.6 Å². The minimum absolute atomic E-state index is 0.806. The van der Waals surface area contributed by atoms with E-state index < -0.39 is 0 Å². The maximum Gasteiger partial charge on any atom is 0.147 e. The molecule has 2 aromatic heterocycles. The zero-order valence-corrected chi connectivity index (χ0v) is 10.8. The predicted octanol–water partition coefficient (Wildman–Crippen LogP) is 2.21. The Morgan fingerprint density at radius 1 is 1.44 bits per heavy atom. The maximum atomic E-state index is 4.25. The van der Waals surface area contributed by atoms with E-state index in [0.717, 1.165) is 16.8 Å². The summed E-state index contributed by atoms with van der Waals surface area (Å²) in [4.78, 5) is 10.4. The fourth-order valence-electron chi connectivity index (χ4n) is 1.54. The van der Waals surface area contributed by atoms with Gasteiger partial charge in [0.2, 0.25) is 0 Å². The van der Waals surface area contributed by atoms with Crippen LogP contribution in [0.1, 0.15) is 5.69 Å². The van der Waals surface area contributed by atoms with E-state index in [2.05, 4.69) is 41.4 Å². The Morgan fingerprint density at radius 2 is 2.25 bits per heavy atom. The first-order chi connectivity index (χ1) is 7.66. The van der Waals surface area contributed by atoms with Gasteiger partial charge in [-0.3, -0.25) is 4.98 Å². The molecule has 0 bridgehead atoms. The number of halogens is 1. The highest BCUT2D eigenvalue weighted by atomic mass is 79.9. The number of nitrogens with zero attached hydrogens (tertiary/aromatic N) is 4. The van der Waals surface area contributed by atoms with Gasteiger partial charge >= 0.3 is 0 Å². The lowest BCUT2D eigenvalue weighted by atomic mass is 10.4. The SMILES string of the molecule is CN(Cc1cc(Br)cn1C)c1cnccn1. The van der Waals surface area contributed by atoms with Crippen LogP contribution in [0.3, 0.4) is 0 Å². The highest BCUT2D eigenvalue weighted by Crippen LogP contribution is 2.16. The van der Waals surface area contributed by atoms with Crippen LogP contribution in [0.25, 0.3) is 0 Å². The average molecular weight is 281 g/mol. The van der Waals surface area contributed by atoms with Crippen molar-refractivity contribution in [1.29, 1.82) is 0 Å². The summed E-state index contributed by atoms with van der Waals surface area (Å²) in [6.07, 6.45) is 7.18. The first-order valence-electron chi connectivity index (χ1n) is 4.94. The Kier molecular flexibility index (Phi) is 3.24. The second-order valence-corrected chi connectivity index (χ2v) is 4.60. The van der Waals surface area contributed by atoms with Gasteiger partial charge in [0.15, 0.2) is 0 Å². The first-order valence-corrected chi connectivity index (χ1v) is 5.74. The van der Waals surface area contributed by atoms with Crippen molar-refractivity contribution in [3.05, 3.63) is 41.0 Å². The molecule has 0 N–H and O–H groups in total. The van der Waals surface area contributed by atoms with Gasteiger partial charge in [0, 0.05) is 42.9 Å². The number of aromatic nitrogens is 3. The van der Waals surface area contributed by atoms with Crippen LogP contribution in [0.5, 0.6) is 0 Å². The van der Waals surface area contributed by atoms with Gasteiger partial charge in [-0.25, -0.2) is 4.98 Å². The number of rotatable bonds is 3. The monoisotopic (exact) mass is 280 g/mol. The average Bonchev–Trinajstić information content (AvgIpc) is 2.59. The summed E-state index contributed by atoms with van der Waals surface area (Å²) in [6, 6.07) is 2.10. The highest BCUT2D eigenvalue weighted by molar-refractivity contribution is 9.10. The Hall–Kier alpha value is -1.36. The molecule has 0 amide bonds. The van der Waals surface area contributed by atoms with E-state index in [0.29, 0.717) is 0 Å². The molecule has 16 heavy (non-hydrogen) atoms. The molecule has 0 atom stereocenters. The molecule has 0 aromatic carbocycles. The summed E-state index contributed by atoms with van der Waals surface area (Å²) in [7, 11) is 4.04. The predicted molar refractivity (Wildman–Crippen MR) is 67.3 cm³/mol. The van der Waals surface area contributed by atoms with Crippen LogP contribution >= 0.6 is 15.9 Å². The number of anilines is 1. The molecule has 84 valence electrons. The van der Waals surface area contributed by atoms with Crippen molar-refractivity contribution in [1.82, 2.24) is 14.5 Å². The molecule has 2 rings (SSSR count). The zero-order chi connectivity index (χ0) is 11.5. The Morgan fingerprint density at radius 3 is 2.81 bits per heavy atom. The van der Waals surface area contributed by atoms with Gasteiger partial charge in [-0.05, 0) is 22.0 Å². The molecule has 0 saturated heterocycles. The van der Waals surface area contributed by atoms with Crippen LogP contribution in [-0.2, 0) is 13.6 Å². The third kappa shape index (κ3) is 2.41. The van der Waals surface area contributed by atoms with Gasteiger partial charge in [-0.1, -0.05) is 0 Å². The van der Waals surface area contributed by atoms with Crippen LogP contribution in [0.2, 0.25) is 0 Å². The van der Waals surface area contributed by atoms with Crippen molar-refractivity contribution in [2.24, 2.45) is 7.05 Å². The standard InChI is InChI=1S/C11H13BrN4/c1-15-7-9(12)5-10(15)8-16(2)11-6-13-3-4-14-11/h3-7H,8H2,1-2H3. The van der Waals surface area contributed by atoms with Gasteiger partial charge in [0.05, 0.1) is 12.7 Å². The molecule has 2 heterocycles. The van der Waals surface area contributed by atoms with Crippen molar-refractivity contribution in [2.45, 2.75) is 6.54 Å². The molecular weight excluding hydrogens is 268 g/mol. The summed E-state index contributed by atoms with van der Waals surface area (Å²) >= 11 is 3.46. The molecule has 5 heteroatoms. The quantitative estimate of drug-likeness (QED) is 0.865. The van der Waals surface area contributed by atoms with E-state index in [9.17, 15) is 0 Å². The molecule has 0 saturated carbocycles. The van der Waals surface area contributed by atoms with Gasteiger partial charge in [-0.2, -0.15) is 0 Å². The summed E-state index contributed by atoms with van der Waals surface area (Å²) in [5.41, 5.74) is 1.22. The van der Waals surface area contributed by atoms with Crippen molar-refractivity contribution in [3.8, 4) is 0 Å². The van der Waals surface area contributed by atoms with Crippen LogP contribution < -0.4 is 4.90 Å². The van der Waals surface area contributed by atoms with Crippen LogP contribution in [0.15, 0.2) is 35.3 Å². The highest BCUT2D eigenvalue weighted by Gasteiger charge is 2.06. The molecule has 0 spiro atoms. The smallest absolute Gasteiger partial charge is 0.147 e. The number of aryl methyl sites for hydroxylation is 1. The lowest BCUT2D eigenvalue weighted by Gasteiger charge is -2.17. The van der Waals surface area contributed by atoms with Crippen molar-refractivity contribution < 1.29 is 0 Å². The van der Waals surface area contributed by atoms with E-state index in [1.807, 2.05) is 20.3 Å². The Labute approximate surface area is 103 Å². The van der Waals surface area contributed by atoms with E-state index in [-0.39, 0.29) is 0 Å². The number of hydrogen-bond donors (Lipinski definition) is 0.